The predicted molar refractivity (Wildman–Crippen MR) is 73.0 cm³/mol. The summed E-state index contributed by atoms with van der Waals surface area (Å²) in [6.45, 7) is 0. The molecule has 3 N–H and O–H groups in total. The highest BCUT2D eigenvalue weighted by atomic mass is 16.3. The Kier molecular flexibility index (Phi) is 2.70. The molecule has 1 aliphatic rings. The van der Waals surface area contributed by atoms with Gasteiger partial charge in [-0.1, -0.05) is 0 Å². The lowest BCUT2D eigenvalue weighted by Crippen LogP contribution is -2.29. The van der Waals surface area contributed by atoms with Gasteiger partial charge in [0, 0.05) is 12.1 Å². The summed E-state index contributed by atoms with van der Waals surface area (Å²) in [4.78, 5) is 23.5. The van der Waals surface area contributed by atoms with Crippen molar-refractivity contribution in [2.45, 2.75) is 5.60 Å². The fourth-order valence-corrected chi connectivity index (χ4v) is 2.20. The number of allylic oxidation sites excluding steroid dienone is 2. The summed E-state index contributed by atoms with van der Waals surface area (Å²) < 4.78 is 5.20. The zero-order valence-electron chi connectivity index (χ0n) is 10.6. The van der Waals surface area contributed by atoms with E-state index < -0.39 is 16.8 Å². The van der Waals surface area contributed by atoms with Crippen LogP contribution in [0, 0.1) is 0 Å². The number of aromatic hydroxyl groups is 2. The van der Waals surface area contributed by atoms with E-state index in [1.807, 2.05) is 0 Å². The van der Waals surface area contributed by atoms with Gasteiger partial charge in [0.1, 0.15) is 34.3 Å². The van der Waals surface area contributed by atoms with E-state index in [4.69, 9.17) is 4.42 Å². The molecule has 0 radical (unpaired) electrons. The molecule has 0 unspecified atom stereocenters. The number of phenols is 2. The Hall–Kier alpha value is -2.86. The molecule has 3 rings (SSSR count). The Morgan fingerprint density at radius 3 is 2.38 bits per heavy atom. The van der Waals surface area contributed by atoms with Gasteiger partial charge < -0.3 is 19.7 Å². The highest BCUT2D eigenvalue weighted by Gasteiger charge is 2.30. The summed E-state index contributed by atoms with van der Waals surface area (Å²) in [5, 5.41) is 29.4. The highest BCUT2D eigenvalue weighted by Crippen LogP contribution is 2.31. The van der Waals surface area contributed by atoms with Crippen molar-refractivity contribution in [2.75, 3.05) is 0 Å². The van der Waals surface area contributed by atoms with Crippen LogP contribution in [0.4, 0.5) is 0 Å². The monoisotopic (exact) mass is 286 g/mol. The third-order valence-electron chi connectivity index (χ3n) is 3.28. The van der Waals surface area contributed by atoms with Crippen molar-refractivity contribution >= 4 is 16.8 Å². The highest BCUT2D eigenvalue weighted by molar-refractivity contribution is 6.00. The van der Waals surface area contributed by atoms with E-state index in [-0.39, 0.29) is 28.1 Å². The first-order valence-electron chi connectivity index (χ1n) is 6.03. The van der Waals surface area contributed by atoms with Gasteiger partial charge in [-0.05, 0) is 24.3 Å². The third kappa shape index (κ3) is 2.02. The first-order valence-corrected chi connectivity index (χ1v) is 6.03. The van der Waals surface area contributed by atoms with E-state index in [1.54, 1.807) is 0 Å². The van der Waals surface area contributed by atoms with E-state index in [1.165, 1.54) is 18.2 Å². The van der Waals surface area contributed by atoms with Crippen molar-refractivity contribution in [1.82, 2.24) is 0 Å². The Labute approximate surface area is 117 Å². The lowest BCUT2D eigenvalue weighted by Gasteiger charge is -2.21. The van der Waals surface area contributed by atoms with Gasteiger partial charge in [-0.25, -0.2) is 0 Å². The number of benzene rings is 1. The molecule has 0 aliphatic heterocycles. The van der Waals surface area contributed by atoms with Crippen molar-refractivity contribution in [3.8, 4) is 11.5 Å². The first kappa shape index (κ1) is 13.1. The Bertz CT molecular complexity index is 856. The van der Waals surface area contributed by atoms with Gasteiger partial charge >= 0.3 is 0 Å². The first-order chi connectivity index (χ1) is 9.90. The standard InChI is InChI=1S/C15H10O6/c16-8-1-3-15(20,4-2-8)10-7-21-12-6-9(17)5-11(18)13(12)14(10)19/h1-7,17-18,20H. The molecule has 1 aromatic heterocycles. The van der Waals surface area contributed by atoms with Crippen molar-refractivity contribution in [3.63, 3.8) is 0 Å². The maximum Gasteiger partial charge on any atom is 0.203 e. The second-order valence-corrected chi connectivity index (χ2v) is 4.71. The van der Waals surface area contributed by atoms with Crippen molar-refractivity contribution in [1.29, 1.82) is 0 Å². The summed E-state index contributed by atoms with van der Waals surface area (Å²) in [7, 11) is 0. The van der Waals surface area contributed by atoms with E-state index in [2.05, 4.69) is 0 Å². The maximum atomic E-state index is 12.4. The Balaban J connectivity index is 2.29. The average Bonchev–Trinajstić information content (AvgIpc) is 2.41. The summed E-state index contributed by atoms with van der Waals surface area (Å²) >= 11 is 0. The van der Waals surface area contributed by atoms with Crippen LogP contribution in [0.5, 0.6) is 11.5 Å². The topological polar surface area (TPSA) is 108 Å². The average molecular weight is 286 g/mol. The van der Waals surface area contributed by atoms with Gasteiger partial charge in [-0.15, -0.1) is 0 Å². The van der Waals surface area contributed by atoms with Gasteiger partial charge in [0.05, 0.1) is 5.56 Å². The molecule has 1 aromatic carbocycles. The molecule has 0 bridgehead atoms. The van der Waals surface area contributed by atoms with Gasteiger partial charge in [0.15, 0.2) is 5.78 Å². The second-order valence-electron chi connectivity index (χ2n) is 4.71. The number of aliphatic hydroxyl groups is 1. The minimum Gasteiger partial charge on any atom is -0.508 e. The molecule has 2 aromatic rings. The molecule has 1 aliphatic carbocycles. The fraction of sp³-hybridized carbons (Fsp3) is 0.0667. The van der Waals surface area contributed by atoms with Crippen LogP contribution < -0.4 is 5.43 Å². The summed E-state index contributed by atoms with van der Waals surface area (Å²) in [6, 6.07) is 2.18. The van der Waals surface area contributed by atoms with Crippen LogP contribution in [0.3, 0.4) is 0 Å². The van der Waals surface area contributed by atoms with Gasteiger partial charge in [0.25, 0.3) is 0 Å². The molecule has 106 valence electrons. The van der Waals surface area contributed by atoms with E-state index in [9.17, 15) is 24.9 Å². The minimum absolute atomic E-state index is 0.00954. The molecule has 21 heavy (non-hydrogen) atoms. The SMILES string of the molecule is O=C1C=CC(O)(c2coc3cc(O)cc(O)c3c2=O)C=C1. The molecule has 0 saturated carbocycles. The van der Waals surface area contributed by atoms with Crippen LogP contribution in [-0.4, -0.2) is 21.1 Å². The molecule has 6 nitrogen and oxygen atoms in total. The predicted octanol–water partition coefficient (Wildman–Crippen LogP) is 1.09. The number of hydrogen-bond donors (Lipinski definition) is 3. The third-order valence-corrected chi connectivity index (χ3v) is 3.28. The van der Waals surface area contributed by atoms with Gasteiger partial charge in [0.2, 0.25) is 5.43 Å². The zero-order valence-corrected chi connectivity index (χ0v) is 10.6. The van der Waals surface area contributed by atoms with Crippen LogP contribution in [0.2, 0.25) is 0 Å². The molecule has 0 amide bonds. The molecular formula is C15H10O6. The number of phenolic OH excluding ortho intramolecular Hbond substituents is 2. The smallest absolute Gasteiger partial charge is 0.203 e. The normalized spacial score (nSPS) is 16.5. The van der Waals surface area contributed by atoms with E-state index in [0.29, 0.717) is 0 Å². The summed E-state index contributed by atoms with van der Waals surface area (Å²) in [5.74, 6) is -1.01. The molecule has 1 heterocycles. The maximum absolute atomic E-state index is 12.4. The molecule has 6 heteroatoms. The molecule has 0 fully saturated rings. The largest absolute Gasteiger partial charge is 0.508 e. The van der Waals surface area contributed by atoms with Crippen molar-refractivity contribution < 1.29 is 24.5 Å². The number of hydrogen-bond acceptors (Lipinski definition) is 6. The van der Waals surface area contributed by atoms with Crippen molar-refractivity contribution in [3.05, 3.63) is 58.5 Å². The van der Waals surface area contributed by atoms with Crippen LogP contribution in [-0.2, 0) is 10.4 Å². The van der Waals surface area contributed by atoms with E-state index >= 15 is 0 Å². The molecule has 0 atom stereocenters. The zero-order chi connectivity index (χ0) is 15.2. The number of rotatable bonds is 1. The van der Waals surface area contributed by atoms with E-state index in [0.717, 1.165) is 24.5 Å². The fourth-order valence-electron chi connectivity index (χ4n) is 2.20. The molecule has 0 spiro atoms. The number of carbonyl (C=O) groups excluding carboxylic acids is 1. The van der Waals surface area contributed by atoms with Gasteiger partial charge in [-0.2, -0.15) is 0 Å². The van der Waals surface area contributed by atoms with Crippen LogP contribution in [0.1, 0.15) is 5.56 Å². The van der Waals surface area contributed by atoms with Crippen molar-refractivity contribution in [2.24, 2.45) is 0 Å². The molecule has 0 saturated heterocycles. The second kappa shape index (κ2) is 4.32. The molecular weight excluding hydrogens is 276 g/mol. The number of carbonyl (C=O) groups is 1. The van der Waals surface area contributed by atoms with Crippen LogP contribution in [0.25, 0.3) is 11.0 Å². The van der Waals surface area contributed by atoms with Crippen LogP contribution >= 0.6 is 0 Å². The number of ketones is 1. The lowest BCUT2D eigenvalue weighted by atomic mass is 9.90. The van der Waals surface area contributed by atoms with Crippen LogP contribution in [0.15, 0.2) is 51.9 Å². The summed E-state index contributed by atoms with van der Waals surface area (Å²) in [5.41, 5.74) is -2.59. The quantitative estimate of drug-likeness (QED) is 0.724. The summed E-state index contributed by atoms with van der Waals surface area (Å²) in [6.07, 6.45) is 5.66. The Morgan fingerprint density at radius 2 is 1.71 bits per heavy atom. The lowest BCUT2D eigenvalue weighted by molar-refractivity contribution is -0.110. The Morgan fingerprint density at radius 1 is 1.05 bits per heavy atom. The van der Waals surface area contributed by atoms with Gasteiger partial charge in [-0.3, -0.25) is 9.59 Å². The minimum atomic E-state index is -1.78. The number of fused-ring (bicyclic) bond motifs is 1.